The second-order valence-corrected chi connectivity index (χ2v) is 9.38. The topological polar surface area (TPSA) is 118 Å². The highest BCUT2D eigenvalue weighted by Gasteiger charge is 2.30. The molecule has 0 spiro atoms. The fraction of sp³-hybridized carbons (Fsp3) is 0.259. The molecule has 0 bridgehead atoms. The highest BCUT2D eigenvalue weighted by Crippen LogP contribution is 2.39. The molecule has 2 aromatic heterocycles. The Morgan fingerprint density at radius 2 is 2.00 bits per heavy atom. The van der Waals surface area contributed by atoms with E-state index in [1.807, 2.05) is 38.2 Å². The molecule has 4 heterocycles. The molecule has 0 radical (unpaired) electrons. The standard InChI is InChI=1S/C27H26FN7O2/c1-14-19(12-31-25-24(14)30-8-10-37-25)18-11-21-20(23(29)22(18)28)13-32-27(34-21)33-16-5-3-15(4-6-16)17-7-9-35(2)26(17)36/h3-6,11-13,17,30H,7-10,29H2,1-2H3,(H,32,33,34)/t17-/m1/s1. The SMILES string of the molecule is Cc1c(-c2cc3nc(Nc4ccc([C@H]5CCN(C)C5=O)cc4)ncc3c(N)c2F)cnc2c1NCCO2. The normalized spacial score (nSPS) is 16.9. The lowest BCUT2D eigenvalue weighted by atomic mass is 9.97. The first-order valence-corrected chi connectivity index (χ1v) is 12.1. The van der Waals surface area contributed by atoms with Crippen LogP contribution in [0.15, 0.2) is 42.7 Å². The van der Waals surface area contributed by atoms with Crippen molar-refractivity contribution in [3.63, 3.8) is 0 Å². The Morgan fingerprint density at radius 1 is 1.19 bits per heavy atom. The molecular weight excluding hydrogens is 473 g/mol. The van der Waals surface area contributed by atoms with E-state index in [4.69, 9.17) is 10.5 Å². The number of likely N-dealkylation sites (N-methyl/N-ethyl adjacent to an activating group) is 1. The molecule has 1 saturated heterocycles. The number of anilines is 4. The van der Waals surface area contributed by atoms with E-state index in [0.29, 0.717) is 47.0 Å². The van der Waals surface area contributed by atoms with Gasteiger partial charge >= 0.3 is 0 Å². The number of rotatable bonds is 4. The number of hydrogen-bond acceptors (Lipinski definition) is 8. The third-order valence-corrected chi connectivity index (χ3v) is 7.10. The number of nitrogens with two attached hydrogens (primary N) is 1. The smallest absolute Gasteiger partial charge is 0.237 e. The minimum absolute atomic E-state index is 0.0177. The number of carbonyl (C=O) groups excluding carboxylic acids is 1. The second kappa shape index (κ2) is 8.88. The molecule has 4 N–H and O–H groups in total. The van der Waals surface area contributed by atoms with Gasteiger partial charge in [-0.2, -0.15) is 0 Å². The molecule has 1 amide bonds. The van der Waals surface area contributed by atoms with Crippen LogP contribution in [0.3, 0.4) is 0 Å². The van der Waals surface area contributed by atoms with Crippen LogP contribution < -0.4 is 21.1 Å². The van der Waals surface area contributed by atoms with E-state index in [2.05, 4.69) is 25.6 Å². The van der Waals surface area contributed by atoms with Gasteiger partial charge in [-0.15, -0.1) is 0 Å². The summed E-state index contributed by atoms with van der Waals surface area (Å²) in [5.74, 6) is 0.360. The van der Waals surface area contributed by atoms with Gasteiger partial charge in [0, 0.05) is 54.7 Å². The Kier molecular flexibility index (Phi) is 5.51. The van der Waals surface area contributed by atoms with Crippen molar-refractivity contribution in [3.8, 4) is 17.0 Å². The molecule has 4 aromatic rings. The molecule has 0 unspecified atom stereocenters. The number of aromatic nitrogens is 3. The Balaban J connectivity index is 1.32. The first-order valence-electron chi connectivity index (χ1n) is 12.1. The van der Waals surface area contributed by atoms with Crippen LogP contribution in [0.4, 0.5) is 27.4 Å². The minimum atomic E-state index is -0.541. The average Bonchev–Trinajstić information content (AvgIpc) is 3.25. The minimum Gasteiger partial charge on any atom is -0.474 e. The number of benzene rings is 2. The molecule has 1 atom stereocenters. The van der Waals surface area contributed by atoms with Crippen LogP contribution in [-0.4, -0.2) is 52.5 Å². The molecule has 188 valence electrons. The van der Waals surface area contributed by atoms with Crippen LogP contribution in [0.25, 0.3) is 22.0 Å². The number of halogens is 1. The quantitative estimate of drug-likeness (QED) is 0.357. The van der Waals surface area contributed by atoms with Crippen molar-refractivity contribution < 1.29 is 13.9 Å². The first-order chi connectivity index (χ1) is 17.9. The van der Waals surface area contributed by atoms with Crippen LogP contribution in [-0.2, 0) is 4.79 Å². The number of nitrogen functional groups attached to an aromatic ring is 1. The second-order valence-electron chi connectivity index (χ2n) is 9.38. The zero-order valence-electron chi connectivity index (χ0n) is 20.5. The van der Waals surface area contributed by atoms with E-state index in [1.165, 1.54) is 6.20 Å². The van der Waals surface area contributed by atoms with Crippen LogP contribution in [0.1, 0.15) is 23.5 Å². The predicted octanol–water partition coefficient (Wildman–Crippen LogP) is 4.22. The van der Waals surface area contributed by atoms with Gasteiger partial charge in [-0.25, -0.2) is 19.3 Å². The number of hydrogen-bond donors (Lipinski definition) is 3. The van der Waals surface area contributed by atoms with Gasteiger partial charge in [0.15, 0.2) is 5.82 Å². The van der Waals surface area contributed by atoms with Crippen molar-refractivity contribution in [2.75, 3.05) is 43.1 Å². The number of amides is 1. The Hall–Kier alpha value is -4.47. The molecule has 2 aliphatic rings. The van der Waals surface area contributed by atoms with Gasteiger partial charge in [0.05, 0.1) is 17.1 Å². The van der Waals surface area contributed by atoms with Crippen LogP contribution in [0.5, 0.6) is 5.88 Å². The van der Waals surface area contributed by atoms with Crippen molar-refractivity contribution in [1.82, 2.24) is 19.9 Å². The van der Waals surface area contributed by atoms with Crippen molar-refractivity contribution in [3.05, 3.63) is 59.7 Å². The summed E-state index contributed by atoms with van der Waals surface area (Å²) >= 11 is 0. The average molecular weight is 500 g/mol. The summed E-state index contributed by atoms with van der Waals surface area (Å²) in [5.41, 5.74) is 10.9. The fourth-order valence-electron chi connectivity index (χ4n) is 4.98. The molecule has 37 heavy (non-hydrogen) atoms. The maximum absolute atomic E-state index is 15.4. The summed E-state index contributed by atoms with van der Waals surface area (Å²) in [6, 6.07) is 9.35. The number of pyridine rings is 1. The lowest BCUT2D eigenvalue weighted by Crippen LogP contribution is -2.21. The number of nitrogens with one attached hydrogen (secondary N) is 2. The lowest BCUT2D eigenvalue weighted by Gasteiger charge is -2.22. The van der Waals surface area contributed by atoms with E-state index in [0.717, 1.165) is 35.5 Å². The Labute approximate surface area is 212 Å². The summed E-state index contributed by atoms with van der Waals surface area (Å²) < 4.78 is 21.0. The van der Waals surface area contributed by atoms with Crippen molar-refractivity contribution in [1.29, 1.82) is 0 Å². The third kappa shape index (κ3) is 3.94. The maximum atomic E-state index is 15.4. The van der Waals surface area contributed by atoms with Gasteiger partial charge in [-0.3, -0.25) is 4.79 Å². The third-order valence-electron chi connectivity index (χ3n) is 7.10. The van der Waals surface area contributed by atoms with E-state index in [9.17, 15) is 4.79 Å². The molecule has 10 heteroatoms. The maximum Gasteiger partial charge on any atom is 0.237 e. The number of nitrogens with zero attached hydrogens (tertiary/aromatic N) is 4. The van der Waals surface area contributed by atoms with Gasteiger partial charge in [-0.05, 0) is 42.7 Å². The lowest BCUT2D eigenvalue weighted by molar-refractivity contribution is -0.127. The molecule has 1 fully saturated rings. The molecule has 9 nitrogen and oxygen atoms in total. The van der Waals surface area contributed by atoms with Gasteiger partial charge in [0.1, 0.15) is 12.3 Å². The van der Waals surface area contributed by atoms with Gasteiger partial charge in [0.25, 0.3) is 0 Å². The van der Waals surface area contributed by atoms with E-state index in [1.54, 1.807) is 17.2 Å². The van der Waals surface area contributed by atoms with Gasteiger partial charge in [0.2, 0.25) is 17.7 Å². The van der Waals surface area contributed by atoms with E-state index in [-0.39, 0.29) is 17.5 Å². The highest BCUT2D eigenvalue weighted by atomic mass is 19.1. The predicted molar refractivity (Wildman–Crippen MR) is 141 cm³/mol. The van der Waals surface area contributed by atoms with Crippen LogP contribution in [0.2, 0.25) is 0 Å². The van der Waals surface area contributed by atoms with Crippen LogP contribution >= 0.6 is 0 Å². The number of carbonyl (C=O) groups is 1. The monoisotopic (exact) mass is 499 g/mol. The largest absolute Gasteiger partial charge is 0.474 e. The van der Waals surface area contributed by atoms with E-state index >= 15 is 4.39 Å². The van der Waals surface area contributed by atoms with Crippen LogP contribution in [0, 0.1) is 12.7 Å². The van der Waals surface area contributed by atoms with Gasteiger partial charge < -0.3 is 26.0 Å². The number of fused-ring (bicyclic) bond motifs is 2. The molecule has 2 aliphatic heterocycles. The fourth-order valence-corrected chi connectivity index (χ4v) is 4.98. The summed E-state index contributed by atoms with van der Waals surface area (Å²) in [5, 5.41) is 6.89. The number of likely N-dealkylation sites (tertiary alicyclic amines) is 1. The summed E-state index contributed by atoms with van der Waals surface area (Å²) in [6.45, 7) is 3.84. The number of ether oxygens (including phenoxy) is 1. The van der Waals surface area contributed by atoms with Crippen molar-refractivity contribution in [2.24, 2.45) is 0 Å². The first kappa shape index (κ1) is 23.0. The zero-order chi connectivity index (χ0) is 25.7. The molecule has 0 saturated carbocycles. The molecule has 2 aromatic carbocycles. The zero-order valence-corrected chi connectivity index (χ0v) is 20.5. The van der Waals surface area contributed by atoms with Crippen molar-refractivity contribution >= 4 is 39.8 Å². The van der Waals surface area contributed by atoms with E-state index < -0.39 is 5.82 Å². The Morgan fingerprint density at radius 3 is 2.76 bits per heavy atom. The highest BCUT2D eigenvalue weighted by molar-refractivity contribution is 5.96. The molecular formula is C27H26FN7O2. The Bertz CT molecular complexity index is 1540. The summed E-state index contributed by atoms with van der Waals surface area (Å²) in [4.78, 5) is 27.4. The summed E-state index contributed by atoms with van der Waals surface area (Å²) in [7, 11) is 1.83. The molecule has 6 rings (SSSR count). The molecule has 0 aliphatic carbocycles. The summed E-state index contributed by atoms with van der Waals surface area (Å²) in [6.07, 6.45) is 3.93. The van der Waals surface area contributed by atoms with Crippen molar-refractivity contribution in [2.45, 2.75) is 19.3 Å². The van der Waals surface area contributed by atoms with Gasteiger partial charge in [-0.1, -0.05) is 12.1 Å².